The third kappa shape index (κ3) is 2.74. The molecule has 2 heteroatoms. The van der Waals surface area contributed by atoms with E-state index in [1.54, 1.807) is 7.11 Å². The van der Waals surface area contributed by atoms with Crippen molar-refractivity contribution in [3.63, 3.8) is 0 Å². The molecule has 0 aliphatic heterocycles. The quantitative estimate of drug-likeness (QED) is 0.769. The first-order valence-electron chi connectivity index (χ1n) is 4.52. The molecule has 1 rings (SSSR count). The van der Waals surface area contributed by atoms with Crippen LogP contribution in [-0.2, 0) is 6.42 Å². The summed E-state index contributed by atoms with van der Waals surface area (Å²) >= 11 is 0. The Bertz CT molecular complexity index is 281. The molecule has 0 aliphatic carbocycles. The van der Waals surface area contributed by atoms with Crippen LogP contribution >= 0.6 is 0 Å². The van der Waals surface area contributed by atoms with Crippen molar-refractivity contribution in [1.29, 1.82) is 0 Å². The predicted octanol–water partition coefficient (Wildman–Crippen LogP) is 1.89. The third-order valence-corrected chi connectivity index (χ3v) is 1.98. The summed E-state index contributed by atoms with van der Waals surface area (Å²) in [6, 6.07) is 6.38. The van der Waals surface area contributed by atoms with E-state index in [0.29, 0.717) is 0 Å². The minimum atomic E-state index is 0.177. The second kappa shape index (κ2) is 4.28. The zero-order valence-electron chi connectivity index (χ0n) is 8.50. The molecule has 0 aliphatic rings. The standard InChI is InChI=1S/C11H17NO/c1-8-4-5-10(7-9(2)12)11(6-8)13-3/h4-6,9H,7,12H2,1-3H3/t9-/m0/s1. The highest BCUT2D eigenvalue weighted by atomic mass is 16.5. The van der Waals surface area contributed by atoms with Crippen molar-refractivity contribution in [3.8, 4) is 5.75 Å². The van der Waals surface area contributed by atoms with Gasteiger partial charge in [0.1, 0.15) is 5.75 Å². The average molecular weight is 179 g/mol. The van der Waals surface area contributed by atoms with E-state index in [0.717, 1.165) is 12.2 Å². The maximum atomic E-state index is 5.73. The molecular formula is C11H17NO. The normalized spacial score (nSPS) is 12.6. The molecule has 1 aromatic carbocycles. The molecule has 0 heterocycles. The largest absolute Gasteiger partial charge is 0.496 e. The van der Waals surface area contributed by atoms with E-state index in [-0.39, 0.29) is 6.04 Å². The van der Waals surface area contributed by atoms with Gasteiger partial charge in [-0.2, -0.15) is 0 Å². The summed E-state index contributed by atoms with van der Waals surface area (Å²) < 4.78 is 5.27. The van der Waals surface area contributed by atoms with Crippen LogP contribution in [0.4, 0.5) is 0 Å². The number of hydrogen-bond acceptors (Lipinski definition) is 2. The van der Waals surface area contributed by atoms with Gasteiger partial charge in [0.25, 0.3) is 0 Å². The van der Waals surface area contributed by atoms with Crippen LogP contribution in [0.15, 0.2) is 18.2 Å². The molecule has 0 amide bonds. The number of ether oxygens (including phenoxy) is 1. The Balaban J connectivity index is 2.92. The van der Waals surface area contributed by atoms with E-state index < -0.39 is 0 Å². The first kappa shape index (κ1) is 10.1. The van der Waals surface area contributed by atoms with Crippen molar-refractivity contribution in [2.24, 2.45) is 5.73 Å². The van der Waals surface area contributed by atoms with Gasteiger partial charge in [-0.1, -0.05) is 12.1 Å². The SMILES string of the molecule is COc1cc(C)ccc1C[C@H](C)N. The Morgan fingerprint density at radius 2 is 2.15 bits per heavy atom. The predicted molar refractivity (Wildman–Crippen MR) is 55.1 cm³/mol. The highest BCUT2D eigenvalue weighted by Crippen LogP contribution is 2.20. The van der Waals surface area contributed by atoms with Gasteiger partial charge >= 0.3 is 0 Å². The summed E-state index contributed by atoms with van der Waals surface area (Å²) in [5.74, 6) is 0.942. The van der Waals surface area contributed by atoms with Crippen molar-refractivity contribution in [3.05, 3.63) is 29.3 Å². The van der Waals surface area contributed by atoms with Gasteiger partial charge in [0.2, 0.25) is 0 Å². The molecule has 72 valence electrons. The molecule has 0 unspecified atom stereocenters. The van der Waals surface area contributed by atoms with Crippen LogP contribution in [0.1, 0.15) is 18.1 Å². The zero-order valence-corrected chi connectivity index (χ0v) is 8.50. The van der Waals surface area contributed by atoms with Crippen LogP contribution in [-0.4, -0.2) is 13.2 Å². The summed E-state index contributed by atoms with van der Waals surface area (Å²) in [5.41, 5.74) is 8.13. The lowest BCUT2D eigenvalue weighted by Crippen LogP contribution is -2.18. The highest BCUT2D eigenvalue weighted by molar-refractivity contribution is 5.37. The molecule has 0 saturated carbocycles. The first-order valence-corrected chi connectivity index (χ1v) is 4.52. The van der Waals surface area contributed by atoms with Crippen LogP contribution in [0.3, 0.4) is 0 Å². The number of methoxy groups -OCH3 is 1. The lowest BCUT2D eigenvalue weighted by Gasteiger charge is -2.11. The second-order valence-electron chi connectivity index (χ2n) is 3.50. The maximum absolute atomic E-state index is 5.73. The fraction of sp³-hybridized carbons (Fsp3) is 0.455. The summed E-state index contributed by atoms with van der Waals surface area (Å²) in [6.07, 6.45) is 0.865. The lowest BCUT2D eigenvalue weighted by atomic mass is 10.0. The van der Waals surface area contributed by atoms with Gasteiger partial charge in [-0.25, -0.2) is 0 Å². The van der Waals surface area contributed by atoms with Crippen molar-refractivity contribution in [2.75, 3.05) is 7.11 Å². The molecule has 0 aromatic heterocycles. The molecule has 0 bridgehead atoms. The summed E-state index contributed by atoms with van der Waals surface area (Å²) in [4.78, 5) is 0. The van der Waals surface area contributed by atoms with Gasteiger partial charge in [-0.3, -0.25) is 0 Å². The van der Waals surface area contributed by atoms with Gasteiger partial charge < -0.3 is 10.5 Å². The fourth-order valence-electron chi connectivity index (χ4n) is 1.37. The first-order chi connectivity index (χ1) is 6.13. The van der Waals surface area contributed by atoms with Gasteiger partial charge in [-0.15, -0.1) is 0 Å². The van der Waals surface area contributed by atoms with E-state index in [1.165, 1.54) is 11.1 Å². The van der Waals surface area contributed by atoms with Crippen LogP contribution in [0, 0.1) is 6.92 Å². The Labute approximate surface area is 79.7 Å². The second-order valence-corrected chi connectivity index (χ2v) is 3.50. The monoisotopic (exact) mass is 179 g/mol. The Kier molecular flexibility index (Phi) is 3.32. The van der Waals surface area contributed by atoms with Crippen molar-refractivity contribution in [1.82, 2.24) is 0 Å². The Hall–Kier alpha value is -1.02. The number of aryl methyl sites for hydroxylation is 1. The summed E-state index contributed by atoms with van der Waals surface area (Å²) in [6.45, 7) is 4.05. The Morgan fingerprint density at radius 1 is 1.46 bits per heavy atom. The van der Waals surface area contributed by atoms with Gasteiger partial charge in [-0.05, 0) is 37.5 Å². The van der Waals surface area contributed by atoms with E-state index in [9.17, 15) is 0 Å². The van der Waals surface area contributed by atoms with Crippen molar-refractivity contribution < 1.29 is 4.74 Å². The molecule has 1 atom stereocenters. The van der Waals surface area contributed by atoms with Gasteiger partial charge in [0.15, 0.2) is 0 Å². The molecule has 2 nitrogen and oxygen atoms in total. The highest BCUT2D eigenvalue weighted by Gasteiger charge is 2.04. The van der Waals surface area contributed by atoms with Crippen LogP contribution < -0.4 is 10.5 Å². The topological polar surface area (TPSA) is 35.2 Å². The molecule has 0 saturated heterocycles. The van der Waals surface area contributed by atoms with Gasteiger partial charge in [0, 0.05) is 6.04 Å². The van der Waals surface area contributed by atoms with Crippen LogP contribution in [0.5, 0.6) is 5.75 Å². The Morgan fingerprint density at radius 3 is 2.69 bits per heavy atom. The molecule has 1 aromatic rings. The minimum absolute atomic E-state index is 0.177. The molecule has 2 N–H and O–H groups in total. The van der Waals surface area contributed by atoms with E-state index in [4.69, 9.17) is 10.5 Å². The molecule has 0 radical (unpaired) electrons. The third-order valence-electron chi connectivity index (χ3n) is 1.98. The lowest BCUT2D eigenvalue weighted by molar-refractivity contribution is 0.408. The van der Waals surface area contributed by atoms with E-state index in [1.807, 2.05) is 13.0 Å². The number of benzene rings is 1. The molecular weight excluding hydrogens is 162 g/mol. The maximum Gasteiger partial charge on any atom is 0.122 e. The minimum Gasteiger partial charge on any atom is -0.496 e. The molecule has 0 spiro atoms. The van der Waals surface area contributed by atoms with Crippen molar-refractivity contribution in [2.45, 2.75) is 26.3 Å². The van der Waals surface area contributed by atoms with E-state index in [2.05, 4.69) is 19.1 Å². The van der Waals surface area contributed by atoms with Gasteiger partial charge in [0.05, 0.1) is 7.11 Å². The van der Waals surface area contributed by atoms with E-state index >= 15 is 0 Å². The molecule has 0 fully saturated rings. The van der Waals surface area contributed by atoms with Crippen molar-refractivity contribution >= 4 is 0 Å². The zero-order chi connectivity index (χ0) is 9.84. The number of hydrogen-bond donors (Lipinski definition) is 1. The summed E-state index contributed by atoms with van der Waals surface area (Å²) in [5, 5.41) is 0. The molecule has 13 heavy (non-hydrogen) atoms. The fourth-order valence-corrected chi connectivity index (χ4v) is 1.37. The smallest absolute Gasteiger partial charge is 0.122 e. The number of nitrogens with two attached hydrogens (primary N) is 1. The number of rotatable bonds is 3. The summed E-state index contributed by atoms with van der Waals surface area (Å²) in [7, 11) is 1.69. The van der Waals surface area contributed by atoms with Crippen LogP contribution in [0.2, 0.25) is 0 Å². The van der Waals surface area contributed by atoms with Crippen LogP contribution in [0.25, 0.3) is 0 Å². The average Bonchev–Trinajstić information content (AvgIpc) is 2.07.